The van der Waals surface area contributed by atoms with Gasteiger partial charge in [0, 0.05) is 6.54 Å². The van der Waals surface area contributed by atoms with Crippen molar-refractivity contribution in [3.8, 4) is 0 Å². The molecule has 2 nitrogen and oxygen atoms in total. The van der Waals surface area contributed by atoms with Crippen LogP contribution in [-0.2, 0) is 0 Å². The number of hydrogen-bond acceptors (Lipinski definition) is 2. The Morgan fingerprint density at radius 3 is 1.92 bits per heavy atom. The SMILES string of the molecule is CN(CC(C)(C)C)CC(F)(F)CN. The molecule has 0 aromatic carbocycles. The van der Waals surface area contributed by atoms with Crippen molar-refractivity contribution in [3.05, 3.63) is 0 Å². The summed E-state index contributed by atoms with van der Waals surface area (Å²) < 4.78 is 25.6. The molecule has 0 aliphatic carbocycles. The molecule has 0 aliphatic heterocycles. The average molecular weight is 194 g/mol. The summed E-state index contributed by atoms with van der Waals surface area (Å²) in [5.74, 6) is -2.76. The summed E-state index contributed by atoms with van der Waals surface area (Å²) in [5, 5.41) is 0. The summed E-state index contributed by atoms with van der Waals surface area (Å²) in [4.78, 5) is 1.62. The summed E-state index contributed by atoms with van der Waals surface area (Å²) in [6.07, 6.45) is 0. The lowest BCUT2D eigenvalue weighted by Gasteiger charge is -2.29. The quantitative estimate of drug-likeness (QED) is 0.736. The number of rotatable bonds is 4. The Morgan fingerprint density at radius 2 is 1.62 bits per heavy atom. The predicted octanol–water partition coefficient (Wildman–Crippen LogP) is 1.56. The molecule has 0 atom stereocenters. The number of nitrogens with zero attached hydrogens (tertiary/aromatic N) is 1. The zero-order chi connectivity index (χ0) is 10.7. The summed E-state index contributed by atoms with van der Waals surface area (Å²) in [6.45, 7) is 5.85. The van der Waals surface area contributed by atoms with Gasteiger partial charge in [0.25, 0.3) is 5.92 Å². The molecule has 0 spiro atoms. The maximum absolute atomic E-state index is 12.8. The molecule has 0 aliphatic rings. The highest BCUT2D eigenvalue weighted by molar-refractivity contribution is 4.74. The maximum atomic E-state index is 12.8. The molecule has 0 aromatic rings. The first-order chi connectivity index (χ1) is 5.66. The molecule has 0 saturated carbocycles. The molecule has 0 fully saturated rings. The van der Waals surface area contributed by atoms with Crippen molar-refractivity contribution < 1.29 is 8.78 Å². The van der Waals surface area contributed by atoms with Gasteiger partial charge in [-0.1, -0.05) is 20.8 Å². The normalized spacial score (nSPS) is 13.8. The zero-order valence-electron chi connectivity index (χ0n) is 8.90. The highest BCUT2D eigenvalue weighted by Crippen LogP contribution is 2.18. The molecular weight excluding hydrogens is 174 g/mol. The van der Waals surface area contributed by atoms with Gasteiger partial charge in [-0.2, -0.15) is 0 Å². The van der Waals surface area contributed by atoms with E-state index in [2.05, 4.69) is 0 Å². The highest BCUT2D eigenvalue weighted by Gasteiger charge is 2.29. The lowest BCUT2D eigenvalue weighted by Crippen LogP contribution is -2.42. The van der Waals surface area contributed by atoms with E-state index in [1.807, 2.05) is 20.8 Å². The summed E-state index contributed by atoms with van der Waals surface area (Å²) in [7, 11) is 1.69. The summed E-state index contributed by atoms with van der Waals surface area (Å²) in [6, 6.07) is 0. The van der Waals surface area contributed by atoms with Crippen LogP contribution >= 0.6 is 0 Å². The fourth-order valence-electron chi connectivity index (χ4n) is 1.33. The van der Waals surface area contributed by atoms with Crippen molar-refractivity contribution in [2.24, 2.45) is 11.1 Å². The third-order valence-electron chi connectivity index (χ3n) is 1.54. The number of hydrogen-bond donors (Lipinski definition) is 1. The molecule has 0 bridgehead atoms. The van der Waals surface area contributed by atoms with E-state index >= 15 is 0 Å². The van der Waals surface area contributed by atoms with Gasteiger partial charge >= 0.3 is 0 Å². The van der Waals surface area contributed by atoms with E-state index in [0.717, 1.165) is 0 Å². The van der Waals surface area contributed by atoms with Crippen molar-refractivity contribution in [3.63, 3.8) is 0 Å². The van der Waals surface area contributed by atoms with Crippen LogP contribution in [-0.4, -0.2) is 37.5 Å². The van der Waals surface area contributed by atoms with Gasteiger partial charge in [-0.15, -0.1) is 0 Å². The predicted molar refractivity (Wildman–Crippen MR) is 51.0 cm³/mol. The minimum Gasteiger partial charge on any atom is -0.325 e. The van der Waals surface area contributed by atoms with Crippen molar-refractivity contribution >= 4 is 0 Å². The lowest BCUT2D eigenvalue weighted by atomic mass is 9.96. The van der Waals surface area contributed by atoms with Crippen LogP contribution in [0.1, 0.15) is 20.8 Å². The molecule has 0 unspecified atom stereocenters. The number of halogens is 2. The molecule has 0 heterocycles. The third-order valence-corrected chi connectivity index (χ3v) is 1.54. The lowest BCUT2D eigenvalue weighted by molar-refractivity contribution is -0.0229. The zero-order valence-corrected chi connectivity index (χ0v) is 8.90. The van der Waals surface area contributed by atoms with Crippen LogP contribution in [0.2, 0.25) is 0 Å². The van der Waals surface area contributed by atoms with Gasteiger partial charge < -0.3 is 10.6 Å². The van der Waals surface area contributed by atoms with Crippen molar-refractivity contribution in [2.45, 2.75) is 26.7 Å². The first kappa shape index (κ1) is 12.8. The Hall–Kier alpha value is -0.220. The van der Waals surface area contributed by atoms with E-state index in [1.165, 1.54) is 0 Å². The molecule has 4 heteroatoms. The molecule has 80 valence electrons. The first-order valence-corrected chi connectivity index (χ1v) is 4.43. The Kier molecular flexibility index (Phi) is 4.26. The van der Waals surface area contributed by atoms with Crippen molar-refractivity contribution in [1.29, 1.82) is 0 Å². The Morgan fingerprint density at radius 1 is 1.15 bits per heavy atom. The molecular formula is C9H20F2N2. The van der Waals surface area contributed by atoms with E-state index < -0.39 is 12.5 Å². The van der Waals surface area contributed by atoms with Gasteiger partial charge in [0.2, 0.25) is 0 Å². The molecule has 0 aromatic heterocycles. The fraction of sp³-hybridized carbons (Fsp3) is 1.00. The Bertz CT molecular complexity index is 152. The maximum Gasteiger partial charge on any atom is 0.272 e. The van der Waals surface area contributed by atoms with Crippen molar-refractivity contribution in [2.75, 3.05) is 26.7 Å². The molecule has 0 radical (unpaired) electrons. The van der Waals surface area contributed by atoms with Gasteiger partial charge in [-0.05, 0) is 12.5 Å². The van der Waals surface area contributed by atoms with Crippen LogP contribution in [0.4, 0.5) is 8.78 Å². The second kappa shape index (κ2) is 4.33. The molecule has 0 rings (SSSR count). The van der Waals surface area contributed by atoms with E-state index in [0.29, 0.717) is 6.54 Å². The average Bonchev–Trinajstić information content (AvgIpc) is 1.81. The Balaban J connectivity index is 3.94. The highest BCUT2D eigenvalue weighted by atomic mass is 19.3. The second-order valence-corrected chi connectivity index (χ2v) is 4.79. The minimum absolute atomic E-state index is 0.0411. The van der Waals surface area contributed by atoms with Crippen LogP contribution in [0.15, 0.2) is 0 Å². The monoisotopic (exact) mass is 194 g/mol. The fourth-order valence-corrected chi connectivity index (χ4v) is 1.33. The van der Waals surface area contributed by atoms with Crippen LogP contribution in [0.5, 0.6) is 0 Å². The van der Waals surface area contributed by atoms with E-state index in [-0.39, 0.29) is 12.0 Å². The standard InChI is InChI=1S/C9H20F2N2/c1-8(2,3)6-13(4)7-9(10,11)5-12/h5-7,12H2,1-4H3. The van der Waals surface area contributed by atoms with Gasteiger partial charge in [0.1, 0.15) is 0 Å². The number of nitrogens with two attached hydrogens (primary N) is 1. The minimum atomic E-state index is -2.76. The van der Waals surface area contributed by atoms with Gasteiger partial charge in [0.15, 0.2) is 0 Å². The van der Waals surface area contributed by atoms with Gasteiger partial charge in [-0.3, -0.25) is 0 Å². The molecule has 13 heavy (non-hydrogen) atoms. The second-order valence-electron chi connectivity index (χ2n) is 4.79. The van der Waals surface area contributed by atoms with Crippen LogP contribution in [0.3, 0.4) is 0 Å². The summed E-state index contributed by atoms with van der Waals surface area (Å²) >= 11 is 0. The summed E-state index contributed by atoms with van der Waals surface area (Å²) in [5.41, 5.74) is 4.98. The van der Waals surface area contributed by atoms with Crippen LogP contribution < -0.4 is 5.73 Å². The topological polar surface area (TPSA) is 29.3 Å². The van der Waals surface area contributed by atoms with E-state index in [4.69, 9.17) is 5.73 Å². The van der Waals surface area contributed by atoms with Gasteiger partial charge in [0.05, 0.1) is 13.1 Å². The van der Waals surface area contributed by atoms with Gasteiger partial charge in [-0.25, -0.2) is 8.78 Å². The Labute approximate surface area is 79.1 Å². The molecule has 0 amide bonds. The van der Waals surface area contributed by atoms with E-state index in [9.17, 15) is 8.78 Å². The molecule has 0 saturated heterocycles. The van der Waals surface area contributed by atoms with Crippen molar-refractivity contribution in [1.82, 2.24) is 4.90 Å². The van der Waals surface area contributed by atoms with E-state index in [1.54, 1.807) is 11.9 Å². The third kappa shape index (κ3) is 6.90. The first-order valence-electron chi connectivity index (χ1n) is 4.43. The van der Waals surface area contributed by atoms with Crippen LogP contribution in [0.25, 0.3) is 0 Å². The largest absolute Gasteiger partial charge is 0.325 e. The molecule has 2 N–H and O–H groups in total. The number of alkyl halides is 2. The van der Waals surface area contributed by atoms with Crippen LogP contribution in [0, 0.1) is 5.41 Å². The smallest absolute Gasteiger partial charge is 0.272 e.